The molecule has 184 valence electrons. The maximum absolute atomic E-state index is 13.6. The standard InChI is InChI=1S/C26H30N4O5/c1-26(2,3)35-25(33)30-15-17-10-6-5-9-16(17)13-21(30)24(32)29-20(14-22(31)34-4)23-27-18-11-7-8-12-19(18)28-23/h5-12,20-21H,13-15H2,1-4H3,(H,27,28)(H,29,32)/t20-,21-/m0/s1. The van der Waals surface area contributed by atoms with Crippen molar-refractivity contribution >= 4 is 29.0 Å². The van der Waals surface area contributed by atoms with Crippen LogP contribution in [0.3, 0.4) is 0 Å². The maximum atomic E-state index is 13.6. The van der Waals surface area contributed by atoms with Crippen molar-refractivity contribution in [2.75, 3.05) is 7.11 Å². The zero-order chi connectivity index (χ0) is 25.2. The summed E-state index contributed by atoms with van der Waals surface area (Å²) in [7, 11) is 1.29. The number of benzene rings is 2. The number of hydrogen-bond acceptors (Lipinski definition) is 6. The van der Waals surface area contributed by atoms with Gasteiger partial charge in [0.25, 0.3) is 0 Å². The van der Waals surface area contributed by atoms with E-state index < -0.39 is 35.7 Å². The Bertz CT molecular complexity index is 1210. The molecule has 9 heteroatoms. The molecule has 2 N–H and O–H groups in total. The summed E-state index contributed by atoms with van der Waals surface area (Å²) in [4.78, 5) is 48.0. The molecule has 2 amide bonds. The van der Waals surface area contributed by atoms with Crippen LogP contribution in [0, 0.1) is 0 Å². The van der Waals surface area contributed by atoms with Gasteiger partial charge < -0.3 is 19.8 Å². The topological polar surface area (TPSA) is 114 Å². The van der Waals surface area contributed by atoms with Crippen molar-refractivity contribution in [2.24, 2.45) is 0 Å². The van der Waals surface area contributed by atoms with Crippen LogP contribution in [0.2, 0.25) is 0 Å². The van der Waals surface area contributed by atoms with Gasteiger partial charge in [0.05, 0.1) is 37.2 Å². The van der Waals surface area contributed by atoms with Gasteiger partial charge in [-0.05, 0) is 44.0 Å². The van der Waals surface area contributed by atoms with Crippen LogP contribution in [0.1, 0.15) is 50.2 Å². The molecule has 1 aromatic heterocycles. The number of carbonyl (C=O) groups is 3. The van der Waals surface area contributed by atoms with Gasteiger partial charge in [-0.2, -0.15) is 0 Å². The molecular formula is C26H30N4O5. The van der Waals surface area contributed by atoms with Crippen molar-refractivity contribution in [3.63, 3.8) is 0 Å². The fourth-order valence-electron chi connectivity index (χ4n) is 4.14. The summed E-state index contributed by atoms with van der Waals surface area (Å²) < 4.78 is 10.4. The van der Waals surface area contributed by atoms with Gasteiger partial charge >= 0.3 is 12.1 Å². The van der Waals surface area contributed by atoms with Crippen LogP contribution in [-0.4, -0.2) is 51.6 Å². The third-order valence-corrected chi connectivity index (χ3v) is 5.83. The number of amides is 2. The number of methoxy groups -OCH3 is 1. The number of carbonyl (C=O) groups excluding carboxylic acids is 3. The monoisotopic (exact) mass is 478 g/mol. The van der Waals surface area contributed by atoms with Crippen molar-refractivity contribution in [3.05, 3.63) is 65.5 Å². The highest BCUT2D eigenvalue weighted by atomic mass is 16.6. The van der Waals surface area contributed by atoms with E-state index in [1.165, 1.54) is 12.0 Å². The molecule has 0 unspecified atom stereocenters. The fraction of sp³-hybridized carbons (Fsp3) is 0.385. The lowest BCUT2D eigenvalue weighted by Crippen LogP contribution is -2.54. The van der Waals surface area contributed by atoms with Crippen LogP contribution in [0.15, 0.2) is 48.5 Å². The van der Waals surface area contributed by atoms with Gasteiger partial charge in [0, 0.05) is 6.42 Å². The summed E-state index contributed by atoms with van der Waals surface area (Å²) in [5.74, 6) is -0.460. The molecule has 0 fully saturated rings. The van der Waals surface area contributed by atoms with E-state index >= 15 is 0 Å². The van der Waals surface area contributed by atoms with Gasteiger partial charge in [-0.15, -0.1) is 0 Å². The van der Waals surface area contributed by atoms with E-state index in [0.717, 1.165) is 16.6 Å². The molecule has 2 heterocycles. The third kappa shape index (κ3) is 5.62. The minimum Gasteiger partial charge on any atom is -0.469 e. The van der Waals surface area contributed by atoms with E-state index in [2.05, 4.69) is 15.3 Å². The second-order valence-corrected chi connectivity index (χ2v) is 9.58. The predicted molar refractivity (Wildman–Crippen MR) is 129 cm³/mol. The summed E-state index contributed by atoms with van der Waals surface area (Å²) in [6.07, 6.45) is -0.357. The number of fused-ring (bicyclic) bond motifs is 2. The number of para-hydroxylation sites is 2. The number of rotatable bonds is 5. The Morgan fingerprint density at radius 3 is 2.49 bits per heavy atom. The molecule has 0 aliphatic carbocycles. The molecule has 9 nitrogen and oxygen atoms in total. The van der Waals surface area contributed by atoms with E-state index in [1.807, 2.05) is 48.5 Å². The van der Waals surface area contributed by atoms with E-state index in [1.54, 1.807) is 20.8 Å². The first-order valence-electron chi connectivity index (χ1n) is 11.5. The highest BCUT2D eigenvalue weighted by Gasteiger charge is 2.38. The number of nitrogens with zero attached hydrogens (tertiary/aromatic N) is 2. The van der Waals surface area contributed by atoms with Gasteiger partial charge in [0.2, 0.25) is 5.91 Å². The number of ether oxygens (including phenoxy) is 2. The molecule has 1 aliphatic rings. The minimum atomic E-state index is -0.815. The van der Waals surface area contributed by atoms with E-state index in [9.17, 15) is 14.4 Å². The Labute approximate surface area is 203 Å². The molecule has 35 heavy (non-hydrogen) atoms. The molecule has 0 radical (unpaired) electrons. The molecule has 0 spiro atoms. The number of imidazole rings is 1. The molecule has 4 rings (SSSR count). The van der Waals surface area contributed by atoms with Crippen molar-refractivity contribution in [2.45, 2.75) is 57.8 Å². The third-order valence-electron chi connectivity index (χ3n) is 5.83. The minimum absolute atomic E-state index is 0.113. The number of hydrogen-bond donors (Lipinski definition) is 2. The summed E-state index contributed by atoms with van der Waals surface area (Å²) in [5, 5.41) is 2.92. The lowest BCUT2D eigenvalue weighted by Gasteiger charge is -2.37. The molecule has 1 aliphatic heterocycles. The summed E-state index contributed by atoms with van der Waals surface area (Å²) in [5.41, 5.74) is 2.74. The summed E-state index contributed by atoms with van der Waals surface area (Å²) in [6.45, 7) is 5.60. The highest BCUT2D eigenvalue weighted by Crippen LogP contribution is 2.27. The van der Waals surface area contributed by atoms with Crippen LogP contribution in [0.5, 0.6) is 0 Å². The smallest absolute Gasteiger partial charge is 0.411 e. The molecule has 0 saturated heterocycles. The quantitative estimate of drug-likeness (QED) is 0.541. The van der Waals surface area contributed by atoms with Gasteiger partial charge in [0.15, 0.2) is 0 Å². The molecule has 3 aromatic rings. The van der Waals surface area contributed by atoms with Crippen molar-refractivity contribution in [1.82, 2.24) is 20.2 Å². The second-order valence-electron chi connectivity index (χ2n) is 9.58. The van der Waals surface area contributed by atoms with Crippen molar-refractivity contribution < 1.29 is 23.9 Å². The maximum Gasteiger partial charge on any atom is 0.411 e. The normalized spacial score (nSPS) is 16.3. The zero-order valence-corrected chi connectivity index (χ0v) is 20.3. The average Bonchev–Trinajstić information content (AvgIpc) is 3.26. The number of esters is 1. The lowest BCUT2D eigenvalue weighted by molar-refractivity contribution is -0.141. The molecule has 2 aromatic carbocycles. The Morgan fingerprint density at radius 1 is 1.11 bits per heavy atom. The second kappa shape index (κ2) is 9.77. The molecule has 0 bridgehead atoms. The van der Waals surface area contributed by atoms with Gasteiger partial charge in [-0.25, -0.2) is 9.78 Å². The van der Waals surface area contributed by atoms with Gasteiger partial charge in [0.1, 0.15) is 17.5 Å². The van der Waals surface area contributed by atoms with Gasteiger partial charge in [-0.1, -0.05) is 36.4 Å². The van der Waals surface area contributed by atoms with Crippen LogP contribution >= 0.6 is 0 Å². The highest BCUT2D eigenvalue weighted by molar-refractivity contribution is 5.87. The van der Waals surface area contributed by atoms with Crippen LogP contribution in [0.25, 0.3) is 11.0 Å². The van der Waals surface area contributed by atoms with Crippen LogP contribution in [-0.2, 0) is 32.0 Å². The Balaban J connectivity index is 1.63. The van der Waals surface area contributed by atoms with E-state index in [0.29, 0.717) is 17.8 Å². The van der Waals surface area contributed by atoms with E-state index in [4.69, 9.17) is 9.47 Å². The number of nitrogens with one attached hydrogen (secondary N) is 2. The van der Waals surface area contributed by atoms with Crippen molar-refractivity contribution in [3.8, 4) is 0 Å². The van der Waals surface area contributed by atoms with Crippen LogP contribution in [0.4, 0.5) is 4.79 Å². The first-order valence-corrected chi connectivity index (χ1v) is 11.5. The number of aromatic amines is 1. The molecule has 2 atom stereocenters. The Hall–Kier alpha value is -3.88. The Morgan fingerprint density at radius 2 is 1.80 bits per heavy atom. The van der Waals surface area contributed by atoms with Crippen molar-refractivity contribution in [1.29, 1.82) is 0 Å². The van der Waals surface area contributed by atoms with E-state index in [-0.39, 0.29) is 13.0 Å². The fourth-order valence-corrected chi connectivity index (χ4v) is 4.14. The molecule has 0 saturated carbocycles. The zero-order valence-electron chi connectivity index (χ0n) is 20.3. The number of aromatic nitrogens is 2. The SMILES string of the molecule is COC(=O)C[C@H](NC(=O)[C@@H]1Cc2ccccc2CN1C(=O)OC(C)(C)C)c1nc2ccccc2[nH]1. The first kappa shape index (κ1) is 24.3. The van der Waals surface area contributed by atoms with Gasteiger partial charge in [-0.3, -0.25) is 14.5 Å². The Kier molecular flexibility index (Phi) is 6.77. The average molecular weight is 479 g/mol. The molecular weight excluding hydrogens is 448 g/mol. The van der Waals surface area contributed by atoms with Crippen LogP contribution < -0.4 is 5.32 Å². The largest absolute Gasteiger partial charge is 0.469 e. The summed E-state index contributed by atoms with van der Waals surface area (Å²) >= 11 is 0. The first-order chi connectivity index (χ1) is 16.6. The lowest BCUT2D eigenvalue weighted by atomic mass is 9.93. The number of H-pyrrole nitrogens is 1. The predicted octanol–water partition coefficient (Wildman–Crippen LogP) is 3.65. The summed E-state index contributed by atoms with van der Waals surface area (Å²) in [6, 6.07) is 13.6.